The molecule has 3 rings (SSSR count). The number of hydrogen-bond donors (Lipinski definition) is 1. The molecule has 1 saturated heterocycles. The van der Waals surface area contributed by atoms with E-state index in [1.54, 1.807) is 0 Å². The summed E-state index contributed by atoms with van der Waals surface area (Å²) in [6, 6.07) is 0.350. The molecule has 1 amide bonds. The first-order valence-corrected chi connectivity index (χ1v) is 7.35. The average Bonchev–Trinajstić information content (AvgIpc) is 3.13. The molecule has 1 aromatic heterocycles. The van der Waals surface area contributed by atoms with Gasteiger partial charge in [0.25, 0.3) is 0 Å². The van der Waals surface area contributed by atoms with Gasteiger partial charge in [-0.2, -0.15) is 4.37 Å². The molecule has 1 aromatic rings. The summed E-state index contributed by atoms with van der Waals surface area (Å²) >= 11 is 1.46. The van der Waals surface area contributed by atoms with Crippen molar-refractivity contribution in [3.05, 3.63) is 5.82 Å². The number of carbonyl (C=O) groups excluding carboxylic acids is 1. The predicted molar refractivity (Wildman–Crippen MR) is 70.7 cm³/mol. The summed E-state index contributed by atoms with van der Waals surface area (Å²) in [6.45, 7) is 3.84. The van der Waals surface area contributed by atoms with Crippen LogP contribution >= 0.6 is 11.5 Å². The van der Waals surface area contributed by atoms with Crippen LogP contribution in [-0.2, 0) is 4.79 Å². The highest BCUT2D eigenvalue weighted by atomic mass is 32.1. The first-order valence-electron chi connectivity index (χ1n) is 6.58. The second-order valence-electron chi connectivity index (χ2n) is 5.17. The largest absolute Gasteiger partial charge is 0.353 e. The molecule has 0 aromatic carbocycles. The van der Waals surface area contributed by atoms with Crippen LogP contribution in [-0.4, -0.2) is 34.4 Å². The Bertz CT molecular complexity index is 435. The lowest BCUT2D eigenvalue weighted by Gasteiger charge is -2.31. The molecule has 5 nitrogen and oxygen atoms in total. The van der Waals surface area contributed by atoms with Crippen LogP contribution in [0.25, 0.3) is 0 Å². The predicted octanol–water partition coefficient (Wildman–Crippen LogP) is 1.34. The second kappa shape index (κ2) is 4.84. The molecule has 2 fully saturated rings. The van der Waals surface area contributed by atoms with E-state index >= 15 is 0 Å². The van der Waals surface area contributed by atoms with E-state index in [0.717, 1.165) is 49.7 Å². The number of aryl methyl sites for hydroxylation is 1. The number of nitrogens with zero attached hydrogens (tertiary/aromatic N) is 3. The molecule has 98 valence electrons. The zero-order valence-corrected chi connectivity index (χ0v) is 11.4. The number of nitrogens with one attached hydrogen (secondary N) is 1. The molecule has 0 atom stereocenters. The van der Waals surface area contributed by atoms with Crippen molar-refractivity contribution in [2.75, 3.05) is 18.0 Å². The molecule has 6 heteroatoms. The van der Waals surface area contributed by atoms with E-state index in [4.69, 9.17) is 0 Å². The monoisotopic (exact) mass is 266 g/mol. The van der Waals surface area contributed by atoms with Crippen LogP contribution in [0.1, 0.15) is 31.5 Å². The topological polar surface area (TPSA) is 58.1 Å². The maximum Gasteiger partial charge on any atom is 0.223 e. The normalized spacial score (nSPS) is 21.1. The minimum atomic E-state index is 0.264. The van der Waals surface area contributed by atoms with Gasteiger partial charge in [-0.25, -0.2) is 4.98 Å². The van der Waals surface area contributed by atoms with Gasteiger partial charge in [0.15, 0.2) is 0 Å². The van der Waals surface area contributed by atoms with Crippen LogP contribution in [0.5, 0.6) is 0 Å². The van der Waals surface area contributed by atoms with Gasteiger partial charge < -0.3 is 10.2 Å². The summed E-state index contributed by atoms with van der Waals surface area (Å²) in [6.07, 6.45) is 4.18. The first kappa shape index (κ1) is 11.9. The van der Waals surface area contributed by atoms with Crippen molar-refractivity contribution in [3.8, 4) is 0 Å². The van der Waals surface area contributed by atoms with Crippen LogP contribution in [0.4, 0.5) is 5.13 Å². The van der Waals surface area contributed by atoms with Gasteiger partial charge in [-0.05, 0) is 32.6 Å². The van der Waals surface area contributed by atoms with Gasteiger partial charge in [0.05, 0.1) is 0 Å². The van der Waals surface area contributed by atoms with Crippen LogP contribution in [0.3, 0.4) is 0 Å². The van der Waals surface area contributed by atoms with Gasteiger partial charge in [0.1, 0.15) is 5.82 Å². The number of hydrogen-bond acceptors (Lipinski definition) is 5. The van der Waals surface area contributed by atoms with Gasteiger partial charge in [-0.15, -0.1) is 0 Å². The lowest BCUT2D eigenvalue weighted by atomic mass is 10.1. The van der Waals surface area contributed by atoms with Crippen molar-refractivity contribution in [2.24, 2.45) is 5.92 Å². The summed E-state index contributed by atoms with van der Waals surface area (Å²) in [5, 5.41) is 4.17. The fourth-order valence-electron chi connectivity index (χ4n) is 2.29. The zero-order chi connectivity index (χ0) is 12.5. The fourth-order valence-corrected chi connectivity index (χ4v) is 3.02. The fraction of sp³-hybridized carbons (Fsp3) is 0.750. The Morgan fingerprint density at radius 1 is 1.33 bits per heavy atom. The molecule has 1 saturated carbocycles. The summed E-state index contributed by atoms with van der Waals surface area (Å²) < 4.78 is 4.21. The Kier molecular flexibility index (Phi) is 3.20. The Morgan fingerprint density at radius 3 is 2.61 bits per heavy atom. The molecule has 0 bridgehead atoms. The number of piperidine rings is 1. The van der Waals surface area contributed by atoms with Crippen LogP contribution in [0.15, 0.2) is 0 Å². The third-order valence-electron chi connectivity index (χ3n) is 3.58. The van der Waals surface area contributed by atoms with Crippen molar-refractivity contribution >= 4 is 22.6 Å². The van der Waals surface area contributed by atoms with E-state index in [1.165, 1.54) is 11.5 Å². The van der Waals surface area contributed by atoms with Crippen LogP contribution < -0.4 is 10.2 Å². The standard InChI is InChI=1S/C12H18N4OS/c1-8-13-12(18-15-8)16-6-4-10(5-7-16)14-11(17)9-2-3-9/h9-10H,2-7H2,1H3,(H,14,17). The third-order valence-corrected chi connectivity index (χ3v) is 4.45. The number of carbonyl (C=O) groups is 1. The smallest absolute Gasteiger partial charge is 0.223 e. The van der Waals surface area contributed by atoms with Crippen molar-refractivity contribution in [1.29, 1.82) is 0 Å². The van der Waals surface area contributed by atoms with Crippen molar-refractivity contribution in [3.63, 3.8) is 0 Å². The lowest BCUT2D eigenvalue weighted by molar-refractivity contribution is -0.123. The molecular weight excluding hydrogens is 248 g/mol. The molecule has 18 heavy (non-hydrogen) atoms. The molecule has 0 unspecified atom stereocenters. The van der Waals surface area contributed by atoms with Gasteiger partial charge in [0.2, 0.25) is 11.0 Å². The second-order valence-corrected chi connectivity index (χ2v) is 5.90. The van der Waals surface area contributed by atoms with Gasteiger partial charge >= 0.3 is 0 Å². The third kappa shape index (κ3) is 2.63. The zero-order valence-electron chi connectivity index (χ0n) is 10.6. The molecular formula is C12H18N4OS. The highest BCUT2D eigenvalue weighted by molar-refractivity contribution is 7.09. The Balaban J connectivity index is 1.50. The maximum absolute atomic E-state index is 11.7. The summed E-state index contributed by atoms with van der Waals surface area (Å²) in [5.41, 5.74) is 0. The van der Waals surface area contributed by atoms with Crippen LogP contribution in [0.2, 0.25) is 0 Å². The quantitative estimate of drug-likeness (QED) is 0.897. The molecule has 1 aliphatic carbocycles. The molecule has 1 N–H and O–H groups in total. The van der Waals surface area contributed by atoms with Gasteiger partial charge in [-0.1, -0.05) is 0 Å². The highest BCUT2D eigenvalue weighted by Gasteiger charge is 2.32. The van der Waals surface area contributed by atoms with Crippen LogP contribution in [0, 0.1) is 12.8 Å². The lowest BCUT2D eigenvalue weighted by Crippen LogP contribution is -2.45. The van der Waals surface area contributed by atoms with Gasteiger partial charge in [0, 0.05) is 36.6 Å². The summed E-state index contributed by atoms with van der Waals surface area (Å²) in [7, 11) is 0. The minimum Gasteiger partial charge on any atom is -0.353 e. The maximum atomic E-state index is 11.7. The minimum absolute atomic E-state index is 0.264. The highest BCUT2D eigenvalue weighted by Crippen LogP contribution is 2.29. The van der Waals surface area contributed by atoms with E-state index in [9.17, 15) is 4.79 Å². The molecule has 2 aliphatic rings. The van der Waals surface area contributed by atoms with Crippen molar-refractivity contribution in [2.45, 2.75) is 38.6 Å². The Hall–Kier alpha value is -1.17. The Labute approximate surface area is 111 Å². The van der Waals surface area contributed by atoms with Crippen molar-refractivity contribution < 1.29 is 4.79 Å². The van der Waals surface area contributed by atoms with Crippen molar-refractivity contribution in [1.82, 2.24) is 14.7 Å². The molecule has 1 aliphatic heterocycles. The number of rotatable bonds is 3. The number of anilines is 1. The number of amides is 1. The van der Waals surface area contributed by atoms with Gasteiger partial charge in [-0.3, -0.25) is 4.79 Å². The summed E-state index contributed by atoms with van der Waals surface area (Å²) in [5.74, 6) is 1.42. The number of aromatic nitrogens is 2. The van der Waals surface area contributed by atoms with E-state index in [1.807, 2.05) is 6.92 Å². The molecule has 0 spiro atoms. The van der Waals surface area contributed by atoms with E-state index in [2.05, 4.69) is 19.6 Å². The Morgan fingerprint density at radius 2 is 2.06 bits per heavy atom. The van der Waals surface area contributed by atoms with E-state index < -0.39 is 0 Å². The summed E-state index contributed by atoms with van der Waals surface area (Å²) in [4.78, 5) is 18.4. The molecule has 0 radical (unpaired) electrons. The average molecular weight is 266 g/mol. The van der Waals surface area contributed by atoms with E-state index in [-0.39, 0.29) is 5.91 Å². The van der Waals surface area contributed by atoms with E-state index in [0.29, 0.717) is 12.0 Å². The SMILES string of the molecule is Cc1nsc(N2CCC(NC(=O)C3CC3)CC2)n1. The molecule has 2 heterocycles. The first-order chi connectivity index (χ1) is 8.72.